The largest absolute Gasteiger partial charge is 0.354 e. The fourth-order valence-corrected chi connectivity index (χ4v) is 2.15. The zero-order valence-corrected chi connectivity index (χ0v) is 10.5. The summed E-state index contributed by atoms with van der Waals surface area (Å²) in [6, 6.07) is 14.8. The van der Waals surface area contributed by atoms with Crippen LogP contribution in [-0.4, -0.2) is 4.98 Å². The van der Waals surface area contributed by atoms with Crippen LogP contribution < -0.4 is 0 Å². The third-order valence-electron chi connectivity index (χ3n) is 2.74. The molecule has 0 amide bonds. The molecule has 17 heavy (non-hydrogen) atoms. The summed E-state index contributed by atoms with van der Waals surface area (Å²) in [5.74, 6) is -0.221. The quantitative estimate of drug-likeness (QED) is 0.666. The molecule has 3 rings (SSSR count). The van der Waals surface area contributed by atoms with Gasteiger partial charge in [0.15, 0.2) is 0 Å². The first-order chi connectivity index (χ1) is 8.22. The topological polar surface area (TPSA) is 15.8 Å². The van der Waals surface area contributed by atoms with Crippen LogP contribution in [0.2, 0.25) is 0 Å². The predicted octanol–water partition coefficient (Wildman–Crippen LogP) is 4.74. The van der Waals surface area contributed by atoms with E-state index in [1.165, 1.54) is 12.1 Å². The Morgan fingerprint density at radius 2 is 1.71 bits per heavy atom. The second-order valence-electron chi connectivity index (χ2n) is 3.92. The van der Waals surface area contributed by atoms with Gasteiger partial charge in [-0.3, -0.25) is 0 Å². The Balaban J connectivity index is 2.14. The van der Waals surface area contributed by atoms with Gasteiger partial charge in [0.05, 0.1) is 0 Å². The summed E-state index contributed by atoms with van der Waals surface area (Å²) < 4.78 is 14.1. The van der Waals surface area contributed by atoms with Gasteiger partial charge in [0, 0.05) is 21.1 Å². The fraction of sp³-hybridized carbons (Fsp3) is 0. The van der Waals surface area contributed by atoms with E-state index in [1.54, 1.807) is 6.07 Å². The van der Waals surface area contributed by atoms with Crippen LogP contribution in [0.5, 0.6) is 0 Å². The molecule has 84 valence electrons. The number of H-pyrrole nitrogens is 1. The van der Waals surface area contributed by atoms with Crippen molar-refractivity contribution in [2.75, 3.05) is 0 Å². The number of rotatable bonds is 1. The van der Waals surface area contributed by atoms with Gasteiger partial charge < -0.3 is 4.98 Å². The number of nitrogens with one attached hydrogen (secondary N) is 1. The number of aromatic nitrogens is 1. The van der Waals surface area contributed by atoms with Crippen LogP contribution in [-0.2, 0) is 0 Å². The summed E-state index contributed by atoms with van der Waals surface area (Å²) in [6.45, 7) is 0. The minimum Gasteiger partial charge on any atom is -0.354 e. The maximum absolute atomic E-state index is 13.1. The molecule has 0 aliphatic heterocycles. The standard InChI is InChI=1S/C14H9BrFN/c15-11-4-1-9(2-5-11)13-7-10-3-6-12(16)8-14(10)17-13/h1-8,17H. The third-order valence-corrected chi connectivity index (χ3v) is 3.27. The number of aromatic amines is 1. The summed E-state index contributed by atoms with van der Waals surface area (Å²) in [6.07, 6.45) is 0. The Morgan fingerprint density at radius 1 is 0.941 bits per heavy atom. The molecule has 0 radical (unpaired) electrons. The summed E-state index contributed by atoms with van der Waals surface area (Å²) in [5, 5.41) is 1.02. The second-order valence-corrected chi connectivity index (χ2v) is 4.84. The lowest BCUT2D eigenvalue weighted by Gasteiger charge is -1.97. The fourth-order valence-electron chi connectivity index (χ4n) is 1.88. The highest BCUT2D eigenvalue weighted by Gasteiger charge is 2.03. The number of hydrogen-bond acceptors (Lipinski definition) is 0. The molecule has 1 heterocycles. The zero-order valence-electron chi connectivity index (χ0n) is 8.87. The molecule has 3 heteroatoms. The molecule has 2 aromatic carbocycles. The van der Waals surface area contributed by atoms with Crippen molar-refractivity contribution in [3.05, 3.63) is 58.8 Å². The van der Waals surface area contributed by atoms with Gasteiger partial charge in [-0.25, -0.2) is 4.39 Å². The molecule has 0 atom stereocenters. The molecule has 0 saturated carbocycles. The van der Waals surface area contributed by atoms with Crippen molar-refractivity contribution in [1.82, 2.24) is 4.98 Å². The minimum absolute atomic E-state index is 0.221. The summed E-state index contributed by atoms with van der Waals surface area (Å²) in [4.78, 5) is 3.22. The number of benzene rings is 2. The molecular formula is C14H9BrFN. The van der Waals surface area contributed by atoms with E-state index in [-0.39, 0.29) is 5.82 Å². The molecule has 1 N–H and O–H groups in total. The Kier molecular flexibility index (Phi) is 2.48. The van der Waals surface area contributed by atoms with E-state index in [4.69, 9.17) is 0 Å². The number of halogens is 2. The van der Waals surface area contributed by atoms with Crippen LogP contribution in [0, 0.1) is 5.82 Å². The molecular weight excluding hydrogens is 281 g/mol. The predicted molar refractivity (Wildman–Crippen MR) is 71.4 cm³/mol. The lowest BCUT2D eigenvalue weighted by Crippen LogP contribution is -1.76. The van der Waals surface area contributed by atoms with Crippen molar-refractivity contribution >= 4 is 26.8 Å². The molecule has 1 nitrogen and oxygen atoms in total. The number of fused-ring (bicyclic) bond motifs is 1. The Labute approximate surface area is 106 Å². The van der Waals surface area contributed by atoms with Gasteiger partial charge in [-0.2, -0.15) is 0 Å². The van der Waals surface area contributed by atoms with E-state index in [0.29, 0.717) is 0 Å². The third kappa shape index (κ3) is 1.98. The second kappa shape index (κ2) is 4.00. The van der Waals surface area contributed by atoms with Crippen molar-refractivity contribution in [3.8, 4) is 11.3 Å². The van der Waals surface area contributed by atoms with Gasteiger partial charge in [0.1, 0.15) is 5.82 Å². The molecule has 0 aliphatic rings. The van der Waals surface area contributed by atoms with Gasteiger partial charge in [0.2, 0.25) is 0 Å². The first kappa shape index (κ1) is 10.5. The molecule has 1 aromatic heterocycles. The van der Waals surface area contributed by atoms with Gasteiger partial charge in [-0.1, -0.05) is 28.1 Å². The van der Waals surface area contributed by atoms with Crippen molar-refractivity contribution in [1.29, 1.82) is 0 Å². The first-order valence-electron chi connectivity index (χ1n) is 5.26. The lowest BCUT2D eigenvalue weighted by atomic mass is 10.1. The van der Waals surface area contributed by atoms with Crippen LogP contribution in [0.3, 0.4) is 0 Å². The Morgan fingerprint density at radius 3 is 2.47 bits per heavy atom. The highest BCUT2D eigenvalue weighted by atomic mass is 79.9. The molecule has 0 aliphatic carbocycles. The average Bonchev–Trinajstić information content (AvgIpc) is 2.72. The van der Waals surface area contributed by atoms with Gasteiger partial charge >= 0.3 is 0 Å². The smallest absolute Gasteiger partial charge is 0.125 e. The normalized spacial score (nSPS) is 10.9. The van der Waals surface area contributed by atoms with E-state index in [1.807, 2.05) is 30.3 Å². The van der Waals surface area contributed by atoms with E-state index >= 15 is 0 Å². The van der Waals surface area contributed by atoms with Crippen LogP contribution in [0.1, 0.15) is 0 Å². The van der Waals surface area contributed by atoms with Crippen LogP contribution in [0.15, 0.2) is 53.0 Å². The van der Waals surface area contributed by atoms with E-state index < -0.39 is 0 Å². The molecule has 0 bridgehead atoms. The van der Waals surface area contributed by atoms with Crippen molar-refractivity contribution in [3.63, 3.8) is 0 Å². The number of hydrogen-bond donors (Lipinski definition) is 1. The Bertz CT molecular complexity index is 670. The van der Waals surface area contributed by atoms with Gasteiger partial charge in [0.25, 0.3) is 0 Å². The molecule has 0 fully saturated rings. The zero-order chi connectivity index (χ0) is 11.8. The lowest BCUT2D eigenvalue weighted by molar-refractivity contribution is 0.629. The highest BCUT2D eigenvalue weighted by molar-refractivity contribution is 9.10. The van der Waals surface area contributed by atoms with Crippen LogP contribution in [0.25, 0.3) is 22.2 Å². The SMILES string of the molecule is Fc1ccc2cc(-c3ccc(Br)cc3)[nH]c2c1. The Hall–Kier alpha value is -1.61. The van der Waals surface area contributed by atoms with Crippen molar-refractivity contribution in [2.45, 2.75) is 0 Å². The highest BCUT2D eigenvalue weighted by Crippen LogP contribution is 2.25. The minimum atomic E-state index is -0.221. The first-order valence-corrected chi connectivity index (χ1v) is 6.06. The van der Waals surface area contributed by atoms with Gasteiger partial charge in [-0.05, 0) is 42.0 Å². The van der Waals surface area contributed by atoms with E-state index in [2.05, 4.69) is 20.9 Å². The summed E-state index contributed by atoms with van der Waals surface area (Å²) >= 11 is 3.40. The van der Waals surface area contributed by atoms with E-state index in [0.717, 1.165) is 26.6 Å². The molecule has 0 saturated heterocycles. The molecule has 0 unspecified atom stereocenters. The van der Waals surface area contributed by atoms with Gasteiger partial charge in [-0.15, -0.1) is 0 Å². The van der Waals surface area contributed by atoms with Crippen molar-refractivity contribution in [2.24, 2.45) is 0 Å². The van der Waals surface area contributed by atoms with Crippen LogP contribution >= 0.6 is 15.9 Å². The summed E-state index contributed by atoms with van der Waals surface area (Å²) in [7, 11) is 0. The molecule has 0 spiro atoms. The van der Waals surface area contributed by atoms with E-state index in [9.17, 15) is 4.39 Å². The monoisotopic (exact) mass is 289 g/mol. The maximum atomic E-state index is 13.1. The summed E-state index contributed by atoms with van der Waals surface area (Å²) in [5.41, 5.74) is 2.91. The maximum Gasteiger partial charge on any atom is 0.125 e. The molecule has 3 aromatic rings. The average molecular weight is 290 g/mol. The van der Waals surface area contributed by atoms with Crippen LogP contribution in [0.4, 0.5) is 4.39 Å². The van der Waals surface area contributed by atoms with Crippen molar-refractivity contribution < 1.29 is 4.39 Å².